The maximum Gasteiger partial charge on any atom is 0.418 e. The number of halogens is 6. The van der Waals surface area contributed by atoms with E-state index in [-0.39, 0.29) is 6.07 Å². The Morgan fingerprint density at radius 3 is 2.25 bits per heavy atom. The number of nitrogens with two attached hydrogens (primary N) is 1. The van der Waals surface area contributed by atoms with Crippen LogP contribution in [0, 0.1) is 5.95 Å². The molecule has 0 aliphatic heterocycles. The van der Waals surface area contributed by atoms with Crippen LogP contribution in [0.15, 0.2) is 6.07 Å². The van der Waals surface area contributed by atoms with Gasteiger partial charge in [0.15, 0.2) is 0 Å². The van der Waals surface area contributed by atoms with Gasteiger partial charge in [-0.05, 0) is 6.07 Å². The fourth-order valence-electron chi connectivity index (χ4n) is 1.10. The number of nitrogens with zero attached hydrogens (tertiary/aromatic N) is 1. The summed E-state index contributed by atoms with van der Waals surface area (Å²) in [4.78, 5) is 2.79. The Bertz CT molecular complexity index is 387. The Morgan fingerprint density at radius 1 is 1.31 bits per heavy atom. The van der Waals surface area contributed by atoms with Crippen LogP contribution >= 0.6 is 0 Å². The maximum absolute atomic E-state index is 12.8. The van der Waals surface area contributed by atoms with Crippen LogP contribution < -0.4 is 5.73 Å². The molecule has 1 aromatic rings. The fraction of sp³-hybridized carbons (Fsp3) is 0.375. The zero-order valence-electron chi connectivity index (χ0n) is 7.65. The lowest BCUT2D eigenvalue weighted by Gasteiger charge is -2.12. The molecular weight excluding hydrogens is 238 g/mol. The van der Waals surface area contributed by atoms with Crippen LogP contribution in [0.3, 0.4) is 0 Å². The Balaban J connectivity index is 3.41. The van der Waals surface area contributed by atoms with E-state index in [0.717, 1.165) is 0 Å². The normalized spacial score (nSPS) is 12.2. The van der Waals surface area contributed by atoms with Gasteiger partial charge >= 0.3 is 6.18 Å². The van der Waals surface area contributed by atoms with Crippen molar-refractivity contribution in [2.45, 2.75) is 19.1 Å². The van der Waals surface area contributed by atoms with Crippen molar-refractivity contribution in [1.82, 2.24) is 4.98 Å². The van der Waals surface area contributed by atoms with Gasteiger partial charge in [0.05, 0.1) is 16.8 Å². The van der Waals surface area contributed by atoms with E-state index in [9.17, 15) is 26.3 Å². The highest BCUT2D eigenvalue weighted by Gasteiger charge is 2.36. The Labute approximate surface area is 86.1 Å². The van der Waals surface area contributed by atoms with Crippen molar-refractivity contribution in [2.24, 2.45) is 5.73 Å². The zero-order valence-corrected chi connectivity index (χ0v) is 7.65. The summed E-state index contributed by atoms with van der Waals surface area (Å²) in [6.07, 6.45) is -8.25. The monoisotopic (exact) mass is 244 g/mol. The van der Waals surface area contributed by atoms with Crippen LogP contribution in [0.4, 0.5) is 26.3 Å². The summed E-state index contributed by atoms with van der Waals surface area (Å²) >= 11 is 0. The molecule has 16 heavy (non-hydrogen) atoms. The van der Waals surface area contributed by atoms with Crippen molar-refractivity contribution >= 4 is 0 Å². The van der Waals surface area contributed by atoms with Gasteiger partial charge in [0, 0.05) is 6.54 Å². The van der Waals surface area contributed by atoms with E-state index in [1.165, 1.54) is 0 Å². The van der Waals surface area contributed by atoms with Crippen molar-refractivity contribution in [3.63, 3.8) is 0 Å². The van der Waals surface area contributed by atoms with E-state index in [1.54, 1.807) is 0 Å². The van der Waals surface area contributed by atoms with Crippen molar-refractivity contribution in [1.29, 1.82) is 0 Å². The van der Waals surface area contributed by atoms with Crippen molar-refractivity contribution in [3.05, 3.63) is 28.8 Å². The summed E-state index contributed by atoms with van der Waals surface area (Å²) in [6, 6.07) is 0.0369. The van der Waals surface area contributed by atoms with Crippen LogP contribution in [0.1, 0.15) is 23.2 Å². The van der Waals surface area contributed by atoms with Gasteiger partial charge in [0.1, 0.15) is 0 Å². The smallest absolute Gasteiger partial charge is 0.325 e. The third-order valence-corrected chi connectivity index (χ3v) is 1.82. The molecule has 1 heterocycles. The SMILES string of the molecule is NCc1nc(F)c(C(F)F)cc1C(F)(F)F. The minimum Gasteiger partial charge on any atom is -0.325 e. The fourth-order valence-corrected chi connectivity index (χ4v) is 1.10. The highest BCUT2D eigenvalue weighted by atomic mass is 19.4. The molecule has 0 spiro atoms. The quantitative estimate of drug-likeness (QED) is 0.641. The highest BCUT2D eigenvalue weighted by Crippen LogP contribution is 2.34. The molecule has 0 radical (unpaired) electrons. The summed E-state index contributed by atoms with van der Waals surface area (Å²) in [5.41, 5.74) is 1.31. The standard InChI is InChI=1S/C8H6F6N2/c9-6(10)3-1-4(8(12,13)14)5(2-15)16-7(3)11/h1,6H,2,15H2. The summed E-state index contributed by atoms with van der Waals surface area (Å²) in [6.45, 7) is -0.685. The van der Waals surface area contributed by atoms with Crippen LogP contribution in [0.25, 0.3) is 0 Å². The van der Waals surface area contributed by atoms with Crippen LogP contribution in [-0.4, -0.2) is 4.98 Å². The van der Waals surface area contributed by atoms with Gasteiger partial charge in [-0.15, -0.1) is 0 Å². The minimum atomic E-state index is -4.89. The third-order valence-electron chi connectivity index (χ3n) is 1.82. The summed E-state index contributed by atoms with van der Waals surface area (Å²) in [5, 5.41) is 0. The zero-order chi connectivity index (χ0) is 12.5. The lowest BCUT2D eigenvalue weighted by Crippen LogP contribution is -2.16. The molecule has 0 amide bonds. The summed E-state index contributed by atoms with van der Waals surface area (Å²) in [7, 11) is 0. The second kappa shape index (κ2) is 4.28. The largest absolute Gasteiger partial charge is 0.418 e. The molecule has 2 N–H and O–H groups in total. The van der Waals surface area contributed by atoms with Crippen LogP contribution in [-0.2, 0) is 12.7 Å². The minimum absolute atomic E-state index is 0.0369. The average molecular weight is 244 g/mol. The van der Waals surface area contributed by atoms with E-state index in [0.29, 0.717) is 0 Å². The van der Waals surface area contributed by atoms with Crippen LogP contribution in [0.5, 0.6) is 0 Å². The molecule has 8 heteroatoms. The first-order valence-electron chi connectivity index (χ1n) is 4.02. The van der Waals surface area contributed by atoms with E-state index >= 15 is 0 Å². The molecule has 0 fully saturated rings. The molecule has 2 nitrogen and oxygen atoms in total. The molecule has 0 saturated heterocycles. The second-order valence-electron chi connectivity index (χ2n) is 2.87. The van der Waals surface area contributed by atoms with Gasteiger partial charge in [-0.3, -0.25) is 0 Å². The number of pyridine rings is 1. The van der Waals surface area contributed by atoms with Gasteiger partial charge in [-0.1, -0.05) is 0 Å². The Morgan fingerprint density at radius 2 is 1.88 bits per heavy atom. The predicted octanol–water partition coefficient (Wildman–Crippen LogP) is 2.64. The molecule has 1 rings (SSSR count). The van der Waals surface area contributed by atoms with Gasteiger partial charge in [-0.2, -0.15) is 17.6 Å². The molecule has 0 unspecified atom stereocenters. The van der Waals surface area contributed by atoms with Gasteiger partial charge in [-0.25, -0.2) is 13.8 Å². The second-order valence-corrected chi connectivity index (χ2v) is 2.87. The Hall–Kier alpha value is -1.31. The Kier molecular flexibility index (Phi) is 3.41. The molecule has 0 aliphatic carbocycles. The summed E-state index contributed by atoms with van der Waals surface area (Å²) < 4.78 is 74.2. The topological polar surface area (TPSA) is 38.9 Å². The molecule has 0 aromatic carbocycles. The average Bonchev–Trinajstić information content (AvgIpc) is 2.14. The first-order valence-corrected chi connectivity index (χ1v) is 4.02. The van der Waals surface area contributed by atoms with Crippen molar-refractivity contribution in [2.75, 3.05) is 0 Å². The number of rotatable bonds is 2. The molecule has 1 aromatic heterocycles. The lowest BCUT2D eigenvalue weighted by atomic mass is 10.1. The number of alkyl halides is 5. The summed E-state index contributed by atoms with van der Waals surface area (Å²) in [5.74, 6) is -1.64. The van der Waals surface area contributed by atoms with E-state index < -0.39 is 41.9 Å². The molecule has 0 atom stereocenters. The third kappa shape index (κ3) is 2.43. The lowest BCUT2D eigenvalue weighted by molar-refractivity contribution is -0.138. The van der Waals surface area contributed by atoms with Crippen molar-refractivity contribution in [3.8, 4) is 0 Å². The van der Waals surface area contributed by atoms with Crippen LogP contribution in [0.2, 0.25) is 0 Å². The number of hydrogen-bond donors (Lipinski definition) is 1. The number of hydrogen-bond acceptors (Lipinski definition) is 2. The highest BCUT2D eigenvalue weighted by molar-refractivity contribution is 5.29. The maximum atomic E-state index is 12.8. The van der Waals surface area contributed by atoms with Crippen molar-refractivity contribution < 1.29 is 26.3 Å². The molecular formula is C8H6F6N2. The molecule has 0 saturated carbocycles. The van der Waals surface area contributed by atoms with E-state index in [1.807, 2.05) is 0 Å². The van der Waals surface area contributed by atoms with Gasteiger partial charge in [0.2, 0.25) is 5.95 Å². The first-order chi connectivity index (χ1) is 7.27. The van der Waals surface area contributed by atoms with Gasteiger partial charge < -0.3 is 5.73 Å². The molecule has 0 bridgehead atoms. The van der Waals surface area contributed by atoms with E-state index in [2.05, 4.69) is 4.98 Å². The number of aromatic nitrogens is 1. The van der Waals surface area contributed by atoms with E-state index in [4.69, 9.17) is 5.73 Å². The predicted molar refractivity (Wildman–Crippen MR) is 42.0 cm³/mol. The molecule has 0 aliphatic rings. The first kappa shape index (κ1) is 12.8. The molecule has 90 valence electrons. The van der Waals surface area contributed by atoms with Gasteiger partial charge in [0.25, 0.3) is 6.43 Å².